The maximum atomic E-state index is 11.0. The molecule has 14 heavy (non-hydrogen) atoms. The second-order valence-corrected chi connectivity index (χ2v) is 2.69. The predicted octanol–water partition coefficient (Wildman–Crippen LogP) is -0.736. The third kappa shape index (κ3) is 6.01. The topological polar surface area (TPSA) is 114 Å². The summed E-state index contributed by atoms with van der Waals surface area (Å²) >= 11 is 0. The molecule has 0 heterocycles. The van der Waals surface area contributed by atoms with Gasteiger partial charge in [-0.15, -0.1) is 0 Å². The number of ether oxygens (including phenoxy) is 1. The molecule has 6 heteroatoms. The molecule has 6 nitrogen and oxygen atoms in total. The van der Waals surface area contributed by atoms with Gasteiger partial charge in [0.05, 0.1) is 6.26 Å². The lowest BCUT2D eigenvalue weighted by molar-refractivity contribution is -0.139. The van der Waals surface area contributed by atoms with E-state index in [-0.39, 0.29) is 5.96 Å². The zero-order chi connectivity index (χ0) is 11.0. The van der Waals surface area contributed by atoms with Gasteiger partial charge in [-0.3, -0.25) is 5.41 Å². The number of rotatable bonds is 6. The molecule has 0 radical (unpaired) electrons. The van der Waals surface area contributed by atoms with Gasteiger partial charge in [-0.2, -0.15) is 0 Å². The van der Waals surface area contributed by atoms with E-state index < -0.39 is 12.0 Å². The van der Waals surface area contributed by atoms with Crippen molar-refractivity contribution >= 4 is 11.9 Å². The van der Waals surface area contributed by atoms with Gasteiger partial charge in [-0.25, -0.2) is 4.79 Å². The summed E-state index contributed by atoms with van der Waals surface area (Å²) in [5, 5.41) is 9.47. The first-order chi connectivity index (χ1) is 6.57. The van der Waals surface area contributed by atoms with Crippen LogP contribution in [0.15, 0.2) is 12.8 Å². The van der Waals surface area contributed by atoms with E-state index >= 15 is 0 Å². The molecule has 0 aromatic carbocycles. The SMILES string of the molecule is C=COC(=O)[C@@H](N)CCCNC(=N)N. The second kappa shape index (κ2) is 6.90. The van der Waals surface area contributed by atoms with Crippen LogP contribution in [0, 0.1) is 5.41 Å². The molecule has 0 bridgehead atoms. The molecule has 0 fully saturated rings. The zero-order valence-electron chi connectivity index (χ0n) is 7.95. The molecule has 0 rings (SSSR count). The first kappa shape index (κ1) is 12.4. The summed E-state index contributed by atoms with van der Waals surface area (Å²) in [4.78, 5) is 11.0. The van der Waals surface area contributed by atoms with E-state index in [1.165, 1.54) is 0 Å². The molecule has 0 saturated carbocycles. The molecule has 1 atom stereocenters. The van der Waals surface area contributed by atoms with Crippen LogP contribution in [0.5, 0.6) is 0 Å². The number of hydrogen-bond acceptors (Lipinski definition) is 4. The van der Waals surface area contributed by atoms with Crippen LogP contribution >= 0.6 is 0 Å². The second-order valence-electron chi connectivity index (χ2n) is 2.69. The van der Waals surface area contributed by atoms with Crippen LogP contribution in [-0.2, 0) is 9.53 Å². The lowest BCUT2D eigenvalue weighted by atomic mass is 10.2. The third-order valence-corrected chi connectivity index (χ3v) is 1.51. The van der Waals surface area contributed by atoms with Gasteiger partial charge in [-0.05, 0) is 12.8 Å². The molecule has 0 aliphatic heterocycles. The van der Waals surface area contributed by atoms with Crippen molar-refractivity contribution in [2.45, 2.75) is 18.9 Å². The smallest absolute Gasteiger partial charge is 0.327 e. The summed E-state index contributed by atoms with van der Waals surface area (Å²) in [7, 11) is 0. The van der Waals surface area contributed by atoms with Crippen molar-refractivity contribution in [3.05, 3.63) is 12.8 Å². The molecule has 0 spiro atoms. The predicted molar refractivity (Wildman–Crippen MR) is 53.4 cm³/mol. The largest absolute Gasteiger partial charge is 0.434 e. The van der Waals surface area contributed by atoms with Gasteiger partial charge in [0.1, 0.15) is 6.04 Å². The van der Waals surface area contributed by atoms with Crippen molar-refractivity contribution in [3.8, 4) is 0 Å². The van der Waals surface area contributed by atoms with Crippen molar-refractivity contribution in [2.75, 3.05) is 6.54 Å². The lowest BCUT2D eigenvalue weighted by Crippen LogP contribution is -2.34. The maximum Gasteiger partial charge on any atom is 0.327 e. The summed E-state index contributed by atoms with van der Waals surface area (Å²) < 4.78 is 4.49. The minimum atomic E-state index is -0.651. The fourth-order valence-corrected chi connectivity index (χ4v) is 0.832. The van der Waals surface area contributed by atoms with Crippen LogP contribution in [-0.4, -0.2) is 24.5 Å². The number of hydrogen-bond donors (Lipinski definition) is 4. The third-order valence-electron chi connectivity index (χ3n) is 1.51. The first-order valence-electron chi connectivity index (χ1n) is 4.22. The molecule has 0 aliphatic rings. The molecule has 0 aromatic rings. The van der Waals surface area contributed by atoms with Crippen LogP contribution in [0.1, 0.15) is 12.8 Å². The molecule has 0 unspecified atom stereocenters. The van der Waals surface area contributed by atoms with Crippen LogP contribution in [0.4, 0.5) is 0 Å². The highest BCUT2D eigenvalue weighted by Gasteiger charge is 2.12. The summed E-state index contributed by atoms with van der Waals surface area (Å²) in [5.74, 6) is -0.588. The normalized spacial score (nSPS) is 11.5. The van der Waals surface area contributed by atoms with Crippen LogP contribution in [0.25, 0.3) is 0 Å². The molecule has 0 amide bonds. The number of nitrogens with two attached hydrogens (primary N) is 2. The summed E-state index contributed by atoms with van der Waals surface area (Å²) in [6.45, 7) is 3.77. The number of guanidine groups is 1. The Morgan fingerprint density at radius 1 is 1.71 bits per heavy atom. The highest BCUT2D eigenvalue weighted by Crippen LogP contribution is 1.96. The van der Waals surface area contributed by atoms with Crippen molar-refractivity contribution in [3.63, 3.8) is 0 Å². The van der Waals surface area contributed by atoms with E-state index in [2.05, 4.69) is 16.6 Å². The molecular weight excluding hydrogens is 184 g/mol. The number of nitrogens with one attached hydrogen (secondary N) is 2. The standard InChI is InChI=1S/C8H16N4O2/c1-2-14-7(13)6(9)4-3-5-12-8(10)11/h2,6H,1,3-5,9H2,(H4,10,11,12)/t6-/m0/s1. The Labute approximate surface area is 82.8 Å². The monoisotopic (exact) mass is 200 g/mol. The molecule has 0 aliphatic carbocycles. The van der Waals surface area contributed by atoms with Gasteiger partial charge >= 0.3 is 5.97 Å². The Morgan fingerprint density at radius 2 is 2.36 bits per heavy atom. The van der Waals surface area contributed by atoms with Crippen molar-refractivity contribution in [1.82, 2.24) is 5.32 Å². The Morgan fingerprint density at radius 3 is 2.86 bits per heavy atom. The number of esters is 1. The van der Waals surface area contributed by atoms with E-state index in [9.17, 15) is 4.79 Å². The van der Waals surface area contributed by atoms with Gasteiger partial charge < -0.3 is 21.5 Å². The Balaban J connectivity index is 3.52. The van der Waals surface area contributed by atoms with Gasteiger partial charge in [0.15, 0.2) is 5.96 Å². The molecule has 0 saturated heterocycles. The number of carbonyl (C=O) groups excluding carboxylic acids is 1. The molecule has 80 valence electrons. The van der Waals surface area contributed by atoms with E-state index in [1.807, 2.05) is 0 Å². The maximum absolute atomic E-state index is 11.0. The van der Waals surface area contributed by atoms with E-state index in [0.717, 1.165) is 6.26 Å². The molecule has 6 N–H and O–H groups in total. The minimum absolute atomic E-state index is 0.0905. The number of carbonyl (C=O) groups is 1. The fourth-order valence-electron chi connectivity index (χ4n) is 0.832. The van der Waals surface area contributed by atoms with E-state index in [1.54, 1.807) is 0 Å². The van der Waals surface area contributed by atoms with Crippen LogP contribution in [0.3, 0.4) is 0 Å². The Bertz CT molecular complexity index is 217. The zero-order valence-corrected chi connectivity index (χ0v) is 7.95. The van der Waals surface area contributed by atoms with Crippen LogP contribution < -0.4 is 16.8 Å². The quantitative estimate of drug-likeness (QED) is 0.148. The average Bonchev–Trinajstić information content (AvgIpc) is 2.12. The van der Waals surface area contributed by atoms with Gasteiger partial charge in [0.2, 0.25) is 0 Å². The van der Waals surface area contributed by atoms with E-state index in [0.29, 0.717) is 19.4 Å². The van der Waals surface area contributed by atoms with Crippen molar-refractivity contribution in [1.29, 1.82) is 5.41 Å². The summed E-state index contributed by atoms with van der Waals surface area (Å²) in [6, 6.07) is -0.651. The summed E-state index contributed by atoms with van der Waals surface area (Å²) in [5.41, 5.74) is 10.5. The molecular formula is C8H16N4O2. The Kier molecular flexibility index (Phi) is 6.13. The van der Waals surface area contributed by atoms with Crippen molar-refractivity contribution in [2.24, 2.45) is 11.5 Å². The first-order valence-corrected chi connectivity index (χ1v) is 4.22. The average molecular weight is 200 g/mol. The molecule has 0 aromatic heterocycles. The highest BCUT2D eigenvalue weighted by molar-refractivity contribution is 5.76. The summed E-state index contributed by atoms with van der Waals surface area (Å²) in [6.07, 6.45) is 2.18. The van der Waals surface area contributed by atoms with Crippen LogP contribution in [0.2, 0.25) is 0 Å². The van der Waals surface area contributed by atoms with Gasteiger partial charge in [0.25, 0.3) is 0 Å². The van der Waals surface area contributed by atoms with Crippen molar-refractivity contribution < 1.29 is 9.53 Å². The Hall–Kier alpha value is -1.56. The van der Waals surface area contributed by atoms with Gasteiger partial charge in [0, 0.05) is 6.54 Å². The fraction of sp³-hybridized carbons (Fsp3) is 0.500. The lowest BCUT2D eigenvalue weighted by Gasteiger charge is -2.09. The van der Waals surface area contributed by atoms with Gasteiger partial charge in [-0.1, -0.05) is 6.58 Å². The van der Waals surface area contributed by atoms with E-state index in [4.69, 9.17) is 16.9 Å². The highest BCUT2D eigenvalue weighted by atomic mass is 16.5. The minimum Gasteiger partial charge on any atom is -0.434 e.